The summed E-state index contributed by atoms with van der Waals surface area (Å²) < 4.78 is 5.41. The summed E-state index contributed by atoms with van der Waals surface area (Å²) >= 11 is 12.2. The summed E-state index contributed by atoms with van der Waals surface area (Å²) in [6.07, 6.45) is 0.957. The third-order valence-electron chi connectivity index (χ3n) is 4.11. The summed E-state index contributed by atoms with van der Waals surface area (Å²) in [7, 11) is 0. The van der Waals surface area contributed by atoms with Gasteiger partial charge in [0.15, 0.2) is 0 Å². The number of fused-ring (bicyclic) bond motifs is 1. The zero-order chi connectivity index (χ0) is 15.1. The van der Waals surface area contributed by atoms with Gasteiger partial charge in [-0.05, 0) is 43.9 Å². The number of carbonyl (C=O) groups is 2. The number of rotatable bonds is 1. The average Bonchev–Trinajstić information content (AvgIpc) is 2.44. The maximum absolute atomic E-state index is 12.6. The molecule has 3 rings (SSSR count). The van der Waals surface area contributed by atoms with Gasteiger partial charge in [0.05, 0.1) is 11.6 Å². The van der Waals surface area contributed by atoms with Crippen molar-refractivity contribution in [2.24, 2.45) is 5.92 Å². The van der Waals surface area contributed by atoms with Crippen LogP contribution < -0.4 is 4.90 Å². The van der Waals surface area contributed by atoms with Gasteiger partial charge in [-0.2, -0.15) is 0 Å². The predicted molar refractivity (Wildman–Crippen MR) is 80.9 cm³/mol. The van der Waals surface area contributed by atoms with Gasteiger partial charge >= 0.3 is 6.09 Å². The Morgan fingerprint density at radius 2 is 2.05 bits per heavy atom. The number of ether oxygens (including phenoxy) is 1. The van der Waals surface area contributed by atoms with Gasteiger partial charge in [-0.25, -0.2) is 9.69 Å². The molecule has 1 heterocycles. The fourth-order valence-corrected chi connectivity index (χ4v) is 3.38. The van der Waals surface area contributed by atoms with E-state index in [2.05, 4.69) is 0 Å². The number of benzene rings is 1. The average molecular weight is 328 g/mol. The van der Waals surface area contributed by atoms with E-state index in [4.69, 9.17) is 27.9 Å². The van der Waals surface area contributed by atoms with Crippen molar-refractivity contribution in [3.05, 3.63) is 28.8 Å². The highest BCUT2D eigenvalue weighted by molar-refractivity contribution is 6.32. The number of alkyl halides is 1. The fourth-order valence-electron chi connectivity index (χ4n) is 2.88. The molecule has 3 unspecified atom stereocenters. The molecular weight excluding hydrogens is 313 g/mol. The molecule has 1 aliphatic carbocycles. The Balaban J connectivity index is 1.92. The van der Waals surface area contributed by atoms with Gasteiger partial charge in [0.1, 0.15) is 6.10 Å². The largest absolute Gasteiger partial charge is 0.445 e. The van der Waals surface area contributed by atoms with Crippen molar-refractivity contribution >= 4 is 40.9 Å². The van der Waals surface area contributed by atoms with E-state index < -0.39 is 6.09 Å². The first-order chi connectivity index (χ1) is 9.97. The number of halogens is 2. The van der Waals surface area contributed by atoms with E-state index in [1.54, 1.807) is 18.2 Å². The van der Waals surface area contributed by atoms with Gasteiger partial charge < -0.3 is 4.74 Å². The van der Waals surface area contributed by atoms with Gasteiger partial charge in [-0.15, -0.1) is 11.6 Å². The molecule has 2 amide bonds. The highest BCUT2D eigenvalue weighted by Crippen LogP contribution is 2.37. The minimum atomic E-state index is -0.630. The van der Waals surface area contributed by atoms with Crippen LogP contribution in [0.15, 0.2) is 18.2 Å². The standard InChI is InChI=1S/C15H15Cl2NO3/c1-8-2-4-10(7-12(8)17)18-14(19)11-6-9(16)3-5-13(11)21-15(18)20/h2,4,7,9,11,13H,3,5-6H2,1H3. The van der Waals surface area contributed by atoms with Crippen LogP contribution in [0, 0.1) is 12.8 Å². The number of anilines is 1. The molecule has 2 aliphatic rings. The van der Waals surface area contributed by atoms with Crippen molar-refractivity contribution in [2.45, 2.75) is 37.7 Å². The van der Waals surface area contributed by atoms with Gasteiger partial charge in [-0.1, -0.05) is 17.7 Å². The van der Waals surface area contributed by atoms with Crippen molar-refractivity contribution in [3.8, 4) is 0 Å². The fraction of sp³-hybridized carbons (Fsp3) is 0.467. The first-order valence-corrected chi connectivity index (χ1v) is 7.73. The predicted octanol–water partition coefficient (Wildman–Crippen LogP) is 3.91. The Bertz CT molecular complexity index is 605. The van der Waals surface area contributed by atoms with Crippen molar-refractivity contribution in [2.75, 3.05) is 4.90 Å². The lowest BCUT2D eigenvalue weighted by Crippen LogP contribution is -2.54. The highest BCUT2D eigenvalue weighted by Gasteiger charge is 2.46. The van der Waals surface area contributed by atoms with Gasteiger partial charge in [0, 0.05) is 10.4 Å². The van der Waals surface area contributed by atoms with Crippen LogP contribution in [0.4, 0.5) is 10.5 Å². The molecular formula is C15H15Cl2NO3. The number of nitrogens with zero attached hydrogens (tertiary/aromatic N) is 1. The van der Waals surface area contributed by atoms with E-state index in [0.29, 0.717) is 23.6 Å². The Hall–Kier alpha value is -1.26. The van der Waals surface area contributed by atoms with Gasteiger partial charge in [-0.3, -0.25) is 4.79 Å². The van der Waals surface area contributed by atoms with Crippen LogP contribution in [0.2, 0.25) is 5.02 Å². The number of aryl methyl sites for hydroxylation is 1. The van der Waals surface area contributed by atoms with Crippen molar-refractivity contribution in [1.82, 2.24) is 0 Å². The first kappa shape index (κ1) is 14.7. The van der Waals surface area contributed by atoms with E-state index >= 15 is 0 Å². The van der Waals surface area contributed by atoms with Gasteiger partial charge in [0.2, 0.25) is 5.91 Å². The SMILES string of the molecule is Cc1ccc(N2C(=O)OC3CCC(Cl)CC3C2=O)cc1Cl. The van der Waals surface area contributed by atoms with Crippen LogP contribution in [-0.2, 0) is 9.53 Å². The van der Waals surface area contributed by atoms with Crippen molar-refractivity contribution < 1.29 is 14.3 Å². The number of hydrogen-bond donors (Lipinski definition) is 0. The molecule has 4 nitrogen and oxygen atoms in total. The van der Waals surface area contributed by atoms with Crippen LogP contribution in [0.25, 0.3) is 0 Å². The monoisotopic (exact) mass is 327 g/mol. The second kappa shape index (κ2) is 5.50. The lowest BCUT2D eigenvalue weighted by Gasteiger charge is -2.39. The van der Waals surface area contributed by atoms with E-state index in [1.807, 2.05) is 6.92 Å². The molecule has 0 N–H and O–H groups in total. The quantitative estimate of drug-likeness (QED) is 0.735. The summed E-state index contributed by atoms with van der Waals surface area (Å²) in [5.41, 5.74) is 1.32. The molecule has 0 aromatic heterocycles. The molecule has 112 valence electrons. The number of hydrogen-bond acceptors (Lipinski definition) is 3. The minimum Gasteiger partial charge on any atom is -0.445 e. The number of carbonyl (C=O) groups excluding carboxylic acids is 2. The summed E-state index contributed by atoms with van der Waals surface area (Å²) in [6.45, 7) is 1.86. The smallest absolute Gasteiger partial charge is 0.421 e. The molecule has 3 atom stereocenters. The Labute approximate surface area is 133 Å². The van der Waals surface area contributed by atoms with Crippen LogP contribution in [0.3, 0.4) is 0 Å². The van der Waals surface area contributed by atoms with Crippen LogP contribution in [0.1, 0.15) is 24.8 Å². The molecule has 0 radical (unpaired) electrons. The van der Waals surface area contributed by atoms with E-state index in [9.17, 15) is 9.59 Å². The van der Waals surface area contributed by atoms with E-state index in [1.165, 1.54) is 0 Å². The zero-order valence-electron chi connectivity index (χ0n) is 11.5. The molecule has 6 heteroatoms. The second-order valence-electron chi connectivity index (χ2n) is 5.55. The van der Waals surface area contributed by atoms with Gasteiger partial charge in [0.25, 0.3) is 0 Å². The molecule has 1 aromatic carbocycles. The van der Waals surface area contributed by atoms with Crippen molar-refractivity contribution in [1.29, 1.82) is 0 Å². The van der Waals surface area contributed by atoms with Crippen molar-refractivity contribution in [3.63, 3.8) is 0 Å². The van der Waals surface area contributed by atoms with Crippen LogP contribution in [0.5, 0.6) is 0 Å². The maximum atomic E-state index is 12.6. The second-order valence-corrected chi connectivity index (χ2v) is 6.57. The number of imide groups is 1. The summed E-state index contributed by atoms with van der Waals surface area (Å²) in [5.74, 6) is -0.611. The lowest BCUT2D eigenvalue weighted by molar-refractivity contribution is -0.130. The Kier molecular flexibility index (Phi) is 3.84. The highest BCUT2D eigenvalue weighted by atomic mass is 35.5. The molecule has 21 heavy (non-hydrogen) atoms. The summed E-state index contributed by atoms with van der Waals surface area (Å²) in [4.78, 5) is 25.9. The zero-order valence-corrected chi connectivity index (χ0v) is 13.0. The summed E-state index contributed by atoms with van der Waals surface area (Å²) in [6, 6.07) is 5.08. The molecule has 1 saturated heterocycles. The number of amides is 2. The first-order valence-electron chi connectivity index (χ1n) is 6.92. The molecule has 1 aromatic rings. The molecule has 0 spiro atoms. The Morgan fingerprint density at radius 1 is 1.29 bits per heavy atom. The third kappa shape index (κ3) is 2.62. The van der Waals surface area contributed by atoms with E-state index in [-0.39, 0.29) is 23.3 Å². The molecule has 2 fully saturated rings. The van der Waals surface area contributed by atoms with Crippen LogP contribution in [-0.4, -0.2) is 23.5 Å². The topological polar surface area (TPSA) is 46.6 Å². The minimum absolute atomic E-state index is 0.0459. The molecule has 1 aliphatic heterocycles. The third-order valence-corrected chi connectivity index (χ3v) is 4.91. The normalized spacial score (nSPS) is 29.1. The van der Waals surface area contributed by atoms with Crippen LogP contribution >= 0.6 is 23.2 Å². The Morgan fingerprint density at radius 3 is 2.76 bits per heavy atom. The molecule has 0 bridgehead atoms. The maximum Gasteiger partial charge on any atom is 0.421 e. The lowest BCUT2D eigenvalue weighted by atomic mass is 9.84. The van der Waals surface area contributed by atoms with E-state index in [0.717, 1.165) is 16.9 Å². The molecule has 1 saturated carbocycles. The summed E-state index contributed by atoms with van der Waals surface area (Å²) in [5, 5.41) is 0.463.